The summed E-state index contributed by atoms with van der Waals surface area (Å²) in [4.78, 5) is 0. The van der Waals surface area contributed by atoms with E-state index in [1.165, 1.54) is 0 Å². The molecule has 0 heterocycles. The predicted octanol–water partition coefficient (Wildman–Crippen LogP) is 2.53. The van der Waals surface area contributed by atoms with Gasteiger partial charge in [0.1, 0.15) is 5.72 Å². The van der Waals surface area contributed by atoms with Crippen LogP contribution in [0.1, 0.15) is 25.8 Å². The molecular formula is C11H17NO. The molecule has 2 N–H and O–H groups in total. The average molecular weight is 179 g/mol. The Morgan fingerprint density at radius 1 is 1.38 bits per heavy atom. The fraction of sp³-hybridized carbons (Fsp3) is 0.455. The van der Waals surface area contributed by atoms with E-state index in [2.05, 4.69) is 5.32 Å². The lowest BCUT2D eigenvalue weighted by Gasteiger charge is -2.25. The third-order valence-corrected chi connectivity index (χ3v) is 2.24. The van der Waals surface area contributed by atoms with Gasteiger partial charge in [-0.05, 0) is 31.9 Å². The summed E-state index contributed by atoms with van der Waals surface area (Å²) in [6, 6.07) is 7.94. The highest BCUT2D eigenvalue weighted by atomic mass is 16.3. The van der Waals surface area contributed by atoms with Gasteiger partial charge in [0.2, 0.25) is 0 Å². The lowest BCUT2D eigenvalue weighted by molar-refractivity contribution is 0.0861. The molecule has 0 radical (unpaired) electrons. The molecule has 0 aliphatic carbocycles. The molecule has 0 amide bonds. The number of nitrogens with one attached hydrogen (secondary N) is 1. The van der Waals surface area contributed by atoms with Crippen molar-refractivity contribution < 1.29 is 5.11 Å². The number of hydrogen-bond donors (Lipinski definition) is 2. The van der Waals surface area contributed by atoms with E-state index in [-0.39, 0.29) is 0 Å². The molecule has 0 fully saturated rings. The first kappa shape index (κ1) is 10.1. The van der Waals surface area contributed by atoms with Crippen molar-refractivity contribution in [3.05, 3.63) is 29.8 Å². The Bertz CT molecular complexity index is 281. The summed E-state index contributed by atoms with van der Waals surface area (Å²) in [5.41, 5.74) is 1.33. The molecule has 13 heavy (non-hydrogen) atoms. The van der Waals surface area contributed by atoms with Crippen LogP contribution in [0.25, 0.3) is 0 Å². The molecule has 0 aromatic heterocycles. The summed E-state index contributed by atoms with van der Waals surface area (Å²) < 4.78 is 0. The van der Waals surface area contributed by atoms with Gasteiger partial charge in [0.15, 0.2) is 0 Å². The zero-order valence-electron chi connectivity index (χ0n) is 8.46. The Balaban J connectivity index is 2.80. The van der Waals surface area contributed by atoms with Crippen LogP contribution in [-0.2, 0) is 0 Å². The minimum absolute atomic E-state index is 0.682. The van der Waals surface area contributed by atoms with Crippen LogP contribution in [0, 0.1) is 6.92 Å². The number of benzene rings is 1. The molecule has 1 aromatic rings. The SMILES string of the molecule is CCC(C)(O)Nc1ccccc1C. The molecule has 0 aliphatic rings. The first-order chi connectivity index (χ1) is 6.05. The zero-order chi connectivity index (χ0) is 9.90. The van der Waals surface area contributed by atoms with Gasteiger partial charge in [0.25, 0.3) is 0 Å². The van der Waals surface area contributed by atoms with E-state index >= 15 is 0 Å². The molecule has 0 saturated carbocycles. The average Bonchev–Trinajstić information content (AvgIpc) is 2.09. The highest BCUT2D eigenvalue weighted by Crippen LogP contribution is 2.19. The smallest absolute Gasteiger partial charge is 0.132 e. The molecule has 1 rings (SSSR count). The van der Waals surface area contributed by atoms with Crippen molar-refractivity contribution in [2.75, 3.05) is 5.32 Å². The van der Waals surface area contributed by atoms with Crippen molar-refractivity contribution >= 4 is 5.69 Å². The van der Waals surface area contributed by atoms with Gasteiger partial charge < -0.3 is 10.4 Å². The van der Waals surface area contributed by atoms with E-state index in [9.17, 15) is 5.11 Å². The Labute approximate surface area is 79.6 Å². The van der Waals surface area contributed by atoms with Crippen molar-refractivity contribution in [2.45, 2.75) is 32.9 Å². The van der Waals surface area contributed by atoms with Crippen LogP contribution in [0.5, 0.6) is 0 Å². The maximum Gasteiger partial charge on any atom is 0.132 e. The van der Waals surface area contributed by atoms with E-state index in [1.54, 1.807) is 6.92 Å². The summed E-state index contributed by atoms with van der Waals surface area (Å²) in [5.74, 6) is 0. The van der Waals surface area contributed by atoms with Crippen LogP contribution >= 0.6 is 0 Å². The molecule has 1 unspecified atom stereocenters. The molecule has 1 atom stereocenters. The summed E-state index contributed by atoms with van der Waals surface area (Å²) in [6.07, 6.45) is 0.682. The largest absolute Gasteiger partial charge is 0.371 e. The summed E-state index contributed by atoms with van der Waals surface area (Å²) >= 11 is 0. The van der Waals surface area contributed by atoms with Gasteiger partial charge in [-0.15, -0.1) is 0 Å². The minimum Gasteiger partial charge on any atom is -0.371 e. The molecule has 0 bridgehead atoms. The normalized spacial score (nSPS) is 15.1. The maximum atomic E-state index is 9.79. The van der Waals surface area contributed by atoms with Crippen LogP contribution in [0.2, 0.25) is 0 Å². The summed E-state index contributed by atoms with van der Waals surface area (Å²) in [5, 5.41) is 12.9. The fourth-order valence-corrected chi connectivity index (χ4v) is 1.09. The first-order valence-electron chi connectivity index (χ1n) is 4.61. The number of anilines is 1. The number of rotatable bonds is 3. The van der Waals surface area contributed by atoms with Crippen LogP contribution < -0.4 is 5.32 Å². The number of aliphatic hydroxyl groups is 1. The van der Waals surface area contributed by atoms with E-state index in [1.807, 2.05) is 38.1 Å². The molecule has 0 saturated heterocycles. The van der Waals surface area contributed by atoms with Crippen LogP contribution in [0.3, 0.4) is 0 Å². The van der Waals surface area contributed by atoms with Gasteiger partial charge in [-0.1, -0.05) is 25.1 Å². The Hall–Kier alpha value is -1.02. The van der Waals surface area contributed by atoms with Crippen molar-refractivity contribution in [1.82, 2.24) is 0 Å². The van der Waals surface area contributed by atoms with E-state index < -0.39 is 5.72 Å². The van der Waals surface area contributed by atoms with Gasteiger partial charge in [-0.2, -0.15) is 0 Å². The Morgan fingerprint density at radius 3 is 2.54 bits per heavy atom. The number of aryl methyl sites for hydroxylation is 1. The van der Waals surface area contributed by atoms with Gasteiger partial charge >= 0.3 is 0 Å². The van der Waals surface area contributed by atoms with Gasteiger partial charge in [0.05, 0.1) is 0 Å². The highest BCUT2D eigenvalue weighted by Gasteiger charge is 2.16. The van der Waals surface area contributed by atoms with Crippen LogP contribution in [-0.4, -0.2) is 10.8 Å². The topological polar surface area (TPSA) is 32.3 Å². The molecule has 1 aromatic carbocycles. The summed E-state index contributed by atoms with van der Waals surface area (Å²) in [7, 11) is 0. The van der Waals surface area contributed by atoms with Crippen molar-refractivity contribution in [2.24, 2.45) is 0 Å². The van der Waals surface area contributed by atoms with Crippen molar-refractivity contribution in [3.63, 3.8) is 0 Å². The molecule has 72 valence electrons. The van der Waals surface area contributed by atoms with Crippen LogP contribution in [0.4, 0.5) is 5.69 Å². The second-order valence-corrected chi connectivity index (χ2v) is 3.57. The lowest BCUT2D eigenvalue weighted by Crippen LogP contribution is -2.33. The number of hydrogen-bond acceptors (Lipinski definition) is 2. The molecular weight excluding hydrogens is 162 g/mol. The van der Waals surface area contributed by atoms with Crippen molar-refractivity contribution in [3.8, 4) is 0 Å². The molecule has 2 nitrogen and oxygen atoms in total. The van der Waals surface area contributed by atoms with E-state index in [4.69, 9.17) is 0 Å². The molecule has 2 heteroatoms. The highest BCUT2D eigenvalue weighted by molar-refractivity contribution is 5.51. The predicted molar refractivity (Wildman–Crippen MR) is 55.7 cm³/mol. The number of para-hydroxylation sites is 1. The first-order valence-corrected chi connectivity index (χ1v) is 4.61. The Morgan fingerprint density at radius 2 is 2.00 bits per heavy atom. The molecule has 0 aliphatic heterocycles. The lowest BCUT2D eigenvalue weighted by atomic mass is 10.1. The van der Waals surface area contributed by atoms with Crippen LogP contribution in [0.15, 0.2) is 24.3 Å². The maximum absolute atomic E-state index is 9.79. The third kappa shape index (κ3) is 2.74. The second-order valence-electron chi connectivity index (χ2n) is 3.57. The second kappa shape index (κ2) is 3.79. The quantitative estimate of drug-likeness (QED) is 0.699. The van der Waals surface area contributed by atoms with Gasteiger partial charge in [-0.3, -0.25) is 0 Å². The van der Waals surface area contributed by atoms with Crippen molar-refractivity contribution in [1.29, 1.82) is 0 Å². The van der Waals surface area contributed by atoms with Gasteiger partial charge in [0, 0.05) is 5.69 Å². The van der Waals surface area contributed by atoms with Gasteiger partial charge in [-0.25, -0.2) is 0 Å². The standard InChI is InChI=1S/C11H17NO/c1-4-11(3,13)12-10-8-6-5-7-9(10)2/h5-8,12-13H,4H2,1-3H3. The summed E-state index contributed by atoms with van der Waals surface area (Å²) in [6.45, 7) is 5.75. The Kier molecular flexibility index (Phi) is 2.94. The molecule has 0 spiro atoms. The van der Waals surface area contributed by atoms with E-state index in [0.29, 0.717) is 6.42 Å². The third-order valence-electron chi connectivity index (χ3n) is 2.24. The van der Waals surface area contributed by atoms with E-state index in [0.717, 1.165) is 11.3 Å². The zero-order valence-corrected chi connectivity index (χ0v) is 8.46. The monoisotopic (exact) mass is 179 g/mol. The minimum atomic E-state index is -0.813. The fourth-order valence-electron chi connectivity index (χ4n) is 1.09.